The van der Waals surface area contributed by atoms with Crippen LogP contribution in [0.4, 0.5) is 5.82 Å². The molecule has 1 aromatic rings. The van der Waals surface area contributed by atoms with Gasteiger partial charge in [0.2, 0.25) is 0 Å². The fourth-order valence-corrected chi connectivity index (χ4v) is 2.19. The molecule has 4 nitrogen and oxygen atoms in total. The Morgan fingerprint density at radius 2 is 2.13 bits per heavy atom. The number of anilines is 1. The molecule has 2 atom stereocenters. The third-order valence-corrected chi connectivity index (χ3v) is 3.13. The number of hydrogen-bond donors (Lipinski definition) is 2. The molecule has 1 fully saturated rings. The zero-order valence-electron chi connectivity index (χ0n) is 8.36. The van der Waals surface area contributed by atoms with Crippen molar-refractivity contribution in [1.82, 2.24) is 9.97 Å². The highest BCUT2D eigenvalue weighted by atomic mass is 79.9. The summed E-state index contributed by atoms with van der Waals surface area (Å²) in [5.41, 5.74) is 0. The number of hydrogen-bond acceptors (Lipinski definition) is 4. The van der Waals surface area contributed by atoms with Gasteiger partial charge in [0.15, 0.2) is 0 Å². The van der Waals surface area contributed by atoms with Gasteiger partial charge in [-0.05, 0) is 28.8 Å². The number of halogens is 1. The average Bonchev–Trinajstić information content (AvgIpc) is 2.22. The third kappa shape index (κ3) is 2.89. The fraction of sp³-hybridized carbons (Fsp3) is 0.600. The normalized spacial score (nSPS) is 26.3. The first-order valence-corrected chi connectivity index (χ1v) is 5.97. The highest BCUT2D eigenvalue weighted by molar-refractivity contribution is 9.10. The number of nitrogens with one attached hydrogen (secondary N) is 1. The molecule has 0 saturated heterocycles. The summed E-state index contributed by atoms with van der Waals surface area (Å²) in [6.45, 7) is 0. The SMILES string of the molecule is OC1CCCCC1Nc1cc(Br)ncn1. The van der Waals surface area contributed by atoms with Gasteiger partial charge in [-0.3, -0.25) is 0 Å². The summed E-state index contributed by atoms with van der Waals surface area (Å²) in [6.07, 6.45) is 5.41. The van der Waals surface area contributed by atoms with Crippen molar-refractivity contribution < 1.29 is 5.11 Å². The Balaban J connectivity index is 2.01. The molecule has 1 heterocycles. The van der Waals surface area contributed by atoms with Gasteiger partial charge in [0.1, 0.15) is 16.7 Å². The Kier molecular flexibility index (Phi) is 3.53. The quantitative estimate of drug-likeness (QED) is 0.808. The minimum Gasteiger partial charge on any atom is -0.391 e. The van der Waals surface area contributed by atoms with Crippen molar-refractivity contribution in [2.24, 2.45) is 0 Å². The van der Waals surface area contributed by atoms with Crippen LogP contribution in [0.5, 0.6) is 0 Å². The van der Waals surface area contributed by atoms with Gasteiger partial charge in [0.25, 0.3) is 0 Å². The van der Waals surface area contributed by atoms with E-state index in [1.165, 1.54) is 12.7 Å². The standard InChI is InChI=1S/C10H14BrN3O/c11-9-5-10(13-6-12-9)14-7-3-1-2-4-8(7)15/h5-8,15H,1-4H2,(H,12,13,14). The summed E-state index contributed by atoms with van der Waals surface area (Å²) < 4.78 is 0.755. The lowest BCUT2D eigenvalue weighted by Gasteiger charge is -2.28. The molecule has 0 spiro atoms. The van der Waals surface area contributed by atoms with E-state index in [9.17, 15) is 5.11 Å². The van der Waals surface area contributed by atoms with Gasteiger partial charge < -0.3 is 10.4 Å². The summed E-state index contributed by atoms with van der Waals surface area (Å²) in [7, 11) is 0. The predicted octanol–water partition coefficient (Wildman–Crippen LogP) is 1.95. The second-order valence-corrected chi connectivity index (χ2v) is 4.64. The Labute approximate surface area is 97.3 Å². The maximum atomic E-state index is 9.78. The topological polar surface area (TPSA) is 58.0 Å². The van der Waals surface area contributed by atoms with E-state index in [0.717, 1.165) is 29.7 Å². The fourth-order valence-electron chi connectivity index (χ4n) is 1.88. The Morgan fingerprint density at radius 1 is 1.33 bits per heavy atom. The van der Waals surface area contributed by atoms with Crippen LogP contribution >= 0.6 is 15.9 Å². The van der Waals surface area contributed by atoms with Crippen molar-refractivity contribution in [2.75, 3.05) is 5.32 Å². The molecular formula is C10H14BrN3O. The molecule has 0 radical (unpaired) electrons. The largest absolute Gasteiger partial charge is 0.391 e. The average molecular weight is 272 g/mol. The van der Waals surface area contributed by atoms with Crippen LogP contribution < -0.4 is 5.32 Å². The van der Waals surface area contributed by atoms with Crippen LogP contribution in [0.15, 0.2) is 17.0 Å². The van der Waals surface area contributed by atoms with E-state index in [1.54, 1.807) is 0 Å². The minimum absolute atomic E-state index is 0.126. The summed E-state index contributed by atoms with van der Waals surface area (Å²) in [5.74, 6) is 0.767. The van der Waals surface area contributed by atoms with Crippen LogP contribution in [0.3, 0.4) is 0 Å². The molecule has 5 heteroatoms. The maximum absolute atomic E-state index is 9.78. The molecule has 2 rings (SSSR count). The van der Waals surface area contributed by atoms with Crippen molar-refractivity contribution in [3.63, 3.8) is 0 Å². The van der Waals surface area contributed by atoms with Gasteiger partial charge in [0, 0.05) is 6.07 Å². The van der Waals surface area contributed by atoms with Crippen molar-refractivity contribution in [2.45, 2.75) is 37.8 Å². The minimum atomic E-state index is -0.257. The van der Waals surface area contributed by atoms with Crippen LogP contribution in [0, 0.1) is 0 Å². The molecule has 0 aromatic carbocycles. The van der Waals surface area contributed by atoms with Crippen LogP contribution in [0.2, 0.25) is 0 Å². The zero-order valence-corrected chi connectivity index (χ0v) is 9.94. The Hall–Kier alpha value is -0.680. The smallest absolute Gasteiger partial charge is 0.130 e. The summed E-state index contributed by atoms with van der Waals surface area (Å²) in [6, 6.07) is 1.95. The Bertz CT molecular complexity index is 334. The van der Waals surface area contributed by atoms with Gasteiger partial charge >= 0.3 is 0 Å². The molecular weight excluding hydrogens is 258 g/mol. The summed E-state index contributed by atoms with van der Waals surface area (Å²) in [4.78, 5) is 8.06. The van der Waals surface area contributed by atoms with Crippen LogP contribution in [-0.2, 0) is 0 Å². The van der Waals surface area contributed by atoms with Gasteiger partial charge in [-0.1, -0.05) is 12.8 Å². The number of aromatic nitrogens is 2. The second-order valence-electron chi connectivity index (χ2n) is 3.83. The number of aliphatic hydroxyl groups excluding tert-OH is 1. The van der Waals surface area contributed by atoms with Gasteiger partial charge in [0.05, 0.1) is 12.1 Å². The lowest BCUT2D eigenvalue weighted by Crippen LogP contribution is -2.36. The zero-order chi connectivity index (χ0) is 10.7. The summed E-state index contributed by atoms with van der Waals surface area (Å²) >= 11 is 3.29. The van der Waals surface area contributed by atoms with E-state index in [0.29, 0.717) is 0 Å². The van der Waals surface area contributed by atoms with Gasteiger partial charge in [-0.2, -0.15) is 0 Å². The van der Waals surface area contributed by atoms with Crippen LogP contribution in [0.25, 0.3) is 0 Å². The van der Waals surface area contributed by atoms with E-state index >= 15 is 0 Å². The van der Waals surface area contributed by atoms with E-state index in [4.69, 9.17) is 0 Å². The molecule has 2 unspecified atom stereocenters. The maximum Gasteiger partial charge on any atom is 0.130 e. The number of nitrogens with zero attached hydrogens (tertiary/aromatic N) is 2. The van der Waals surface area contributed by atoms with Crippen molar-refractivity contribution in [1.29, 1.82) is 0 Å². The van der Waals surface area contributed by atoms with Gasteiger partial charge in [-0.25, -0.2) is 9.97 Å². The van der Waals surface area contributed by atoms with Gasteiger partial charge in [-0.15, -0.1) is 0 Å². The van der Waals surface area contributed by atoms with Crippen molar-refractivity contribution in [3.8, 4) is 0 Å². The number of rotatable bonds is 2. The molecule has 2 N–H and O–H groups in total. The van der Waals surface area contributed by atoms with Crippen LogP contribution in [0.1, 0.15) is 25.7 Å². The van der Waals surface area contributed by atoms with E-state index in [1.807, 2.05) is 6.07 Å². The molecule has 0 amide bonds. The molecule has 0 aliphatic heterocycles. The molecule has 1 aromatic heterocycles. The highest BCUT2D eigenvalue weighted by Gasteiger charge is 2.22. The molecule has 15 heavy (non-hydrogen) atoms. The van der Waals surface area contributed by atoms with Crippen molar-refractivity contribution >= 4 is 21.7 Å². The molecule has 0 bridgehead atoms. The molecule has 1 aliphatic rings. The highest BCUT2D eigenvalue weighted by Crippen LogP contribution is 2.21. The Morgan fingerprint density at radius 3 is 2.87 bits per heavy atom. The van der Waals surface area contributed by atoms with Crippen molar-refractivity contribution in [3.05, 3.63) is 17.0 Å². The second kappa shape index (κ2) is 4.90. The lowest BCUT2D eigenvalue weighted by molar-refractivity contribution is 0.116. The first-order chi connectivity index (χ1) is 7.25. The first kappa shape index (κ1) is 10.8. The van der Waals surface area contributed by atoms with E-state index < -0.39 is 0 Å². The lowest BCUT2D eigenvalue weighted by atomic mass is 9.93. The van der Waals surface area contributed by atoms with Crippen LogP contribution in [-0.4, -0.2) is 27.2 Å². The van der Waals surface area contributed by atoms with E-state index in [2.05, 4.69) is 31.2 Å². The third-order valence-electron chi connectivity index (χ3n) is 2.70. The number of aliphatic hydroxyl groups is 1. The predicted molar refractivity (Wildman–Crippen MR) is 61.6 cm³/mol. The summed E-state index contributed by atoms with van der Waals surface area (Å²) in [5, 5.41) is 13.0. The van der Waals surface area contributed by atoms with E-state index in [-0.39, 0.29) is 12.1 Å². The molecule has 1 aliphatic carbocycles. The first-order valence-electron chi connectivity index (χ1n) is 5.18. The monoisotopic (exact) mass is 271 g/mol. The molecule has 1 saturated carbocycles. The molecule has 82 valence electrons.